The van der Waals surface area contributed by atoms with Crippen molar-refractivity contribution >= 4 is 0 Å². The average Bonchev–Trinajstić information content (AvgIpc) is 2.77. The van der Waals surface area contributed by atoms with Gasteiger partial charge in [0.15, 0.2) is 0 Å². The number of likely N-dealkylation sites (tertiary alicyclic amines) is 1. The number of H-pyrrole nitrogens is 1. The molecule has 0 saturated carbocycles. The second kappa shape index (κ2) is 6.90. The Morgan fingerprint density at radius 2 is 2.22 bits per heavy atom. The molecule has 0 bridgehead atoms. The summed E-state index contributed by atoms with van der Waals surface area (Å²) in [6.45, 7) is 10.3. The molecule has 0 spiro atoms. The van der Waals surface area contributed by atoms with Crippen LogP contribution in [0.1, 0.15) is 37.4 Å². The van der Waals surface area contributed by atoms with Crippen molar-refractivity contribution in [3.8, 4) is 0 Å². The van der Waals surface area contributed by atoms with Gasteiger partial charge in [-0.05, 0) is 58.3 Å². The number of aromatic amines is 1. The first-order chi connectivity index (χ1) is 8.75. The lowest BCUT2D eigenvalue weighted by Gasteiger charge is -2.30. The highest BCUT2D eigenvalue weighted by molar-refractivity contribution is 5.13. The summed E-state index contributed by atoms with van der Waals surface area (Å²) >= 11 is 0. The topological polar surface area (TPSA) is 44.0 Å². The van der Waals surface area contributed by atoms with Gasteiger partial charge in [0.2, 0.25) is 0 Å². The summed E-state index contributed by atoms with van der Waals surface area (Å²) in [5.41, 5.74) is 2.45. The van der Waals surface area contributed by atoms with Crippen molar-refractivity contribution in [3.05, 3.63) is 17.5 Å². The third kappa shape index (κ3) is 4.10. The van der Waals surface area contributed by atoms with E-state index in [2.05, 4.69) is 34.3 Å². The minimum Gasteiger partial charge on any atom is -0.312 e. The summed E-state index contributed by atoms with van der Waals surface area (Å²) in [7, 11) is 0. The SMILES string of the molecule is Cc1[nH]ncc1CNCCCN1CCC(C)CC1. The van der Waals surface area contributed by atoms with E-state index in [-0.39, 0.29) is 0 Å². The minimum absolute atomic E-state index is 0.930. The number of aryl methyl sites for hydroxylation is 1. The molecule has 1 aliphatic heterocycles. The van der Waals surface area contributed by atoms with Crippen LogP contribution in [0.4, 0.5) is 0 Å². The van der Waals surface area contributed by atoms with E-state index < -0.39 is 0 Å². The molecule has 1 fully saturated rings. The van der Waals surface area contributed by atoms with E-state index in [1.165, 1.54) is 50.2 Å². The third-order valence-electron chi connectivity index (χ3n) is 3.95. The third-order valence-corrected chi connectivity index (χ3v) is 3.95. The van der Waals surface area contributed by atoms with Crippen LogP contribution in [0.2, 0.25) is 0 Å². The Morgan fingerprint density at radius 3 is 2.89 bits per heavy atom. The van der Waals surface area contributed by atoms with Crippen LogP contribution < -0.4 is 5.32 Å². The highest BCUT2D eigenvalue weighted by Crippen LogP contribution is 2.15. The van der Waals surface area contributed by atoms with Crippen LogP contribution in [-0.2, 0) is 6.54 Å². The number of nitrogens with zero attached hydrogens (tertiary/aromatic N) is 2. The maximum Gasteiger partial charge on any atom is 0.0535 e. The van der Waals surface area contributed by atoms with Gasteiger partial charge in [0.1, 0.15) is 0 Å². The molecule has 0 aliphatic carbocycles. The van der Waals surface area contributed by atoms with E-state index in [0.29, 0.717) is 0 Å². The fourth-order valence-electron chi connectivity index (χ4n) is 2.49. The predicted octanol–water partition coefficient (Wildman–Crippen LogP) is 1.93. The van der Waals surface area contributed by atoms with E-state index in [0.717, 1.165) is 19.0 Å². The van der Waals surface area contributed by atoms with Crippen molar-refractivity contribution in [1.29, 1.82) is 0 Å². The molecule has 2 heterocycles. The Bertz CT molecular complexity index is 339. The molecule has 102 valence electrons. The van der Waals surface area contributed by atoms with Crippen molar-refractivity contribution in [3.63, 3.8) is 0 Å². The second-order valence-electron chi connectivity index (χ2n) is 5.57. The maximum absolute atomic E-state index is 4.03. The van der Waals surface area contributed by atoms with E-state index in [1.807, 2.05) is 6.20 Å². The average molecular weight is 250 g/mol. The molecule has 2 rings (SSSR count). The molecule has 2 N–H and O–H groups in total. The monoisotopic (exact) mass is 250 g/mol. The summed E-state index contributed by atoms with van der Waals surface area (Å²) in [4.78, 5) is 2.60. The summed E-state index contributed by atoms with van der Waals surface area (Å²) in [5, 5.41) is 10.5. The quantitative estimate of drug-likeness (QED) is 0.758. The van der Waals surface area contributed by atoms with Crippen LogP contribution >= 0.6 is 0 Å². The Morgan fingerprint density at radius 1 is 1.44 bits per heavy atom. The van der Waals surface area contributed by atoms with Crippen molar-refractivity contribution in [1.82, 2.24) is 20.4 Å². The Balaban J connectivity index is 1.53. The van der Waals surface area contributed by atoms with Gasteiger partial charge in [0.05, 0.1) is 6.20 Å². The van der Waals surface area contributed by atoms with E-state index in [9.17, 15) is 0 Å². The standard InChI is InChI=1S/C14H26N4/c1-12-4-8-18(9-5-12)7-3-6-15-10-14-11-16-17-13(14)2/h11-12,15H,3-10H2,1-2H3,(H,16,17). The van der Waals surface area contributed by atoms with Gasteiger partial charge in [-0.1, -0.05) is 6.92 Å². The first kappa shape index (κ1) is 13.6. The lowest BCUT2D eigenvalue weighted by molar-refractivity contribution is 0.190. The Labute approximate surface area is 110 Å². The van der Waals surface area contributed by atoms with Gasteiger partial charge in [0.25, 0.3) is 0 Å². The molecule has 0 radical (unpaired) electrons. The highest BCUT2D eigenvalue weighted by atomic mass is 15.1. The van der Waals surface area contributed by atoms with Crippen molar-refractivity contribution in [2.45, 2.75) is 39.7 Å². The first-order valence-electron chi connectivity index (χ1n) is 7.17. The lowest BCUT2D eigenvalue weighted by Crippen LogP contribution is -2.34. The number of hydrogen-bond donors (Lipinski definition) is 2. The molecule has 0 atom stereocenters. The molecule has 0 aromatic carbocycles. The number of nitrogens with one attached hydrogen (secondary N) is 2. The van der Waals surface area contributed by atoms with Crippen LogP contribution in [0.5, 0.6) is 0 Å². The molecular weight excluding hydrogens is 224 g/mol. The van der Waals surface area contributed by atoms with Crippen LogP contribution in [0.3, 0.4) is 0 Å². The minimum atomic E-state index is 0.930. The van der Waals surface area contributed by atoms with E-state index >= 15 is 0 Å². The number of rotatable bonds is 6. The van der Waals surface area contributed by atoms with Gasteiger partial charge < -0.3 is 10.2 Å². The molecule has 4 heteroatoms. The number of piperidine rings is 1. The van der Waals surface area contributed by atoms with Crippen LogP contribution in [0.15, 0.2) is 6.20 Å². The molecule has 1 aromatic heterocycles. The lowest BCUT2D eigenvalue weighted by atomic mass is 9.99. The van der Waals surface area contributed by atoms with Gasteiger partial charge in [0, 0.05) is 17.8 Å². The van der Waals surface area contributed by atoms with Crippen molar-refractivity contribution in [2.75, 3.05) is 26.2 Å². The zero-order valence-electron chi connectivity index (χ0n) is 11.7. The molecule has 1 saturated heterocycles. The predicted molar refractivity (Wildman–Crippen MR) is 74.5 cm³/mol. The number of aromatic nitrogens is 2. The summed E-state index contributed by atoms with van der Waals surface area (Å²) in [5.74, 6) is 0.934. The first-order valence-corrected chi connectivity index (χ1v) is 7.17. The van der Waals surface area contributed by atoms with Crippen molar-refractivity contribution in [2.24, 2.45) is 5.92 Å². The molecule has 4 nitrogen and oxygen atoms in total. The summed E-state index contributed by atoms with van der Waals surface area (Å²) < 4.78 is 0. The Kier molecular flexibility index (Phi) is 5.20. The fraction of sp³-hybridized carbons (Fsp3) is 0.786. The van der Waals surface area contributed by atoms with Gasteiger partial charge in [-0.15, -0.1) is 0 Å². The summed E-state index contributed by atoms with van der Waals surface area (Å²) in [6, 6.07) is 0. The van der Waals surface area contributed by atoms with Crippen LogP contribution in [0, 0.1) is 12.8 Å². The largest absolute Gasteiger partial charge is 0.312 e. The van der Waals surface area contributed by atoms with Crippen molar-refractivity contribution < 1.29 is 0 Å². The van der Waals surface area contributed by atoms with Crippen LogP contribution in [-0.4, -0.2) is 41.3 Å². The van der Waals surface area contributed by atoms with E-state index in [4.69, 9.17) is 0 Å². The zero-order valence-corrected chi connectivity index (χ0v) is 11.7. The normalized spacial score (nSPS) is 18.3. The van der Waals surface area contributed by atoms with Gasteiger partial charge in [-0.2, -0.15) is 5.10 Å². The van der Waals surface area contributed by atoms with Gasteiger partial charge in [-0.25, -0.2) is 0 Å². The maximum atomic E-state index is 4.03. The van der Waals surface area contributed by atoms with Gasteiger partial charge in [-0.3, -0.25) is 5.10 Å². The molecule has 18 heavy (non-hydrogen) atoms. The highest BCUT2D eigenvalue weighted by Gasteiger charge is 2.14. The Hall–Kier alpha value is -0.870. The molecule has 0 amide bonds. The molecule has 1 aliphatic rings. The summed E-state index contributed by atoms with van der Waals surface area (Å²) in [6.07, 6.45) is 5.91. The molecular formula is C14H26N4. The fourth-order valence-corrected chi connectivity index (χ4v) is 2.49. The second-order valence-corrected chi connectivity index (χ2v) is 5.57. The number of hydrogen-bond acceptors (Lipinski definition) is 3. The van der Waals surface area contributed by atoms with Crippen LogP contribution in [0.25, 0.3) is 0 Å². The van der Waals surface area contributed by atoms with E-state index in [1.54, 1.807) is 0 Å². The molecule has 1 aromatic rings. The zero-order chi connectivity index (χ0) is 12.8. The molecule has 0 unspecified atom stereocenters. The van der Waals surface area contributed by atoms with Gasteiger partial charge >= 0.3 is 0 Å². The smallest absolute Gasteiger partial charge is 0.0535 e.